The van der Waals surface area contributed by atoms with Crippen molar-refractivity contribution < 1.29 is 14.3 Å². The van der Waals surface area contributed by atoms with Crippen molar-refractivity contribution in [3.8, 4) is 28.6 Å². The number of carbonyl (C=O) groups excluding carboxylic acids is 1. The first kappa shape index (κ1) is 23.4. The number of carbonyl (C=O) groups is 1. The predicted octanol–water partition coefficient (Wildman–Crippen LogP) is 5.30. The van der Waals surface area contributed by atoms with Crippen molar-refractivity contribution in [1.82, 2.24) is 14.8 Å². The van der Waals surface area contributed by atoms with Crippen molar-refractivity contribution in [2.75, 3.05) is 25.3 Å². The quantitative estimate of drug-likeness (QED) is 0.349. The van der Waals surface area contributed by atoms with Gasteiger partial charge in [-0.15, -0.1) is 10.2 Å². The predicted molar refractivity (Wildman–Crippen MR) is 135 cm³/mol. The van der Waals surface area contributed by atoms with E-state index < -0.39 is 0 Å². The molecule has 1 heterocycles. The van der Waals surface area contributed by atoms with Crippen molar-refractivity contribution >= 4 is 23.4 Å². The van der Waals surface area contributed by atoms with Gasteiger partial charge in [0.15, 0.2) is 11.0 Å². The number of hydrogen-bond donors (Lipinski definition) is 1. The number of aryl methyl sites for hydroxylation is 2. The van der Waals surface area contributed by atoms with Crippen LogP contribution in [0, 0.1) is 13.8 Å². The van der Waals surface area contributed by atoms with Gasteiger partial charge in [0, 0.05) is 11.6 Å². The number of amides is 1. The lowest BCUT2D eigenvalue weighted by Gasteiger charge is -2.13. The van der Waals surface area contributed by atoms with Crippen molar-refractivity contribution in [3.63, 3.8) is 0 Å². The summed E-state index contributed by atoms with van der Waals surface area (Å²) in [7, 11) is 3.13. The molecule has 1 aromatic heterocycles. The van der Waals surface area contributed by atoms with Crippen LogP contribution in [0.25, 0.3) is 17.1 Å². The van der Waals surface area contributed by atoms with E-state index in [0.29, 0.717) is 22.3 Å². The third-order valence-corrected chi connectivity index (χ3v) is 6.36. The molecular formula is C26H26N4O3S. The summed E-state index contributed by atoms with van der Waals surface area (Å²) in [5.74, 6) is 1.89. The summed E-state index contributed by atoms with van der Waals surface area (Å²) in [4.78, 5) is 12.8. The van der Waals surface area contributed by atoms with Gasteiger partial charge in [-0.25, -0.2) is 0 Å². The van der Waals surface area contributed by atoms with Gasteiger partial charge in [0.25, 0.3) is 0 Å². The number of benzene rings is 3. The van der Waals surface area contributed by atoms with Crippen LogP contribution in [0.1, 0.15) is 11.1 Å². The van der Waals surface area contributed by atoms with E-state index in [9.17, 15) is 4.79 Å². The third kappa shape index (κ3) is 5.07. The largest absolute Gasteiger partial charge is 0.497 e. The molecule has 0 saturated carbocycles. The second-order valence-electron chi connectivity index (χ2n) is 7.68. The maximum atomic E-state index is 12.8. The van der Waals surface area contributed by atoms with Crippen molar-refractivity contribution in [2.45, 2.75) is 19.0 Å². The summed E-state index contributed by atoms with van der Waals surface area (Å²) >= 11 is 1.33. The number of methoxy groups -OCH3 is 2. The molecule has 0 saturated heterocycles. The average Bonchev–Trinajstić information content (AvgIpc) is 3.29. The molecule has 4 rings (SSSR count). The van der Waals surface area contributed by atoms with Crippen LogP contribution in [0.5, 0.6) is 11.5 Å². The van der Waals surface area contributed by atoms with Crippen LogP contribution in [-0.4, -0.2) is 40.6 Å². The molecule has 8 heteroatoms. The minimum atomic E-state index is -0.177. The Labute approximate surface area is 203 Å². The van der Waals surface area contributed by atoms with Gasteiger partial charge in [0.05, 0.1) is 31.3 Å². The Hall–Kier alpha value is -3.78. The summed E-state index contributed by atoms with van der Waals surface area (Å²) in [6, 6.07) is 21.4. The van der Waals surface area contributed by atoms with E-state index in [1.165, 1.54) is 22.9 Å². The SMILES string of the molecule is COc1ccc(NC(=O)CSc2nnc(-c3ccccc3)n2-c2ccc(C)c(C)c2)c(OC)c1. The number of hydrogen-bond acceptors (Lipinski definition) is 6. The molecule has 0 aliphatic carbocycles. The highest BCUT2D eigenvalue weighted by atomic mass is 32.2. The number of nitrogens with zero attached hydrogens (tertiary/aromatic N) is 3. The van der Waals surface area contributed by atoms with Crippen LogP contribution in [0.2, 0.25) is 0 Å². The number of nitrogens with one attached hydrogen (secondary N) is 1. The lowest BCUT2D eigenvalue weighted by atomic mass is 10.1. The topological polar surface area (TPSA) is 78.3 Å². The molecule has 0 aliphatic rings. The molecule has 7 nitrogen and oxygen atoms in total. The fraction of sp³-hybridized carbons (Fsp3) is 0.192. The van der Waals surface area contributed by atoms with Gasteiger partial charge >= 0.3 is 0 Å². The molecule has 0 atom stereocenters. The fourth-order valence-corrected chi connectivity index (χ4v) is 4.21. The Morgan fingerprint density at radius 2 is 1.74 bits per heavy atom. The normalized spacial score (nSPS) is 10.7. The van der Waals surface area contributed by atoms with Gasteiger partial charge in [-0.3, -0.25) is 9.36 Å². The van der Waals surface area contributed by atoms with Gasteiger partial charge < -0.3 is 14.8 Å². The molecule has 34 heavy (non-hydrogen) atoms. The van der Waals surface area contributed by atoms with Gasteiger partial charge in [0.1, 0.15) is 11.5 Å². The molecule has 0 unspecified atom stereocenters. The molecule has 0 aliphatic heterocycles. The first-order valence-electron chi connectivity index (χ1n) is 10.7. The highest BCUT2D eigenvalue weighted by molar-refractivity contribution is 7.99. The van der Waals surface area contributed by atoms with E-state index >= 15 is 0 Å². The summed E-state index contributed by atoms with van der Waals surface area (Å²) in [5, 5.41) is 12.4. The van der Waals surface area contributed by atoms with Gasteiger partial charge in [0.2, 0.25) is 5.91 Å². The molecule has 4 aromatic rings. The minimum Gasteiger partial charge on any atom is -0.497 e. The van der Waals surface area contributed by atoms with Crippen LogP contribution < -0.4 is 14.8 Å². The lowest BCUT2D eigenvalue weighted by Crippen LogP contribution is -2.15. The number of aromatic nitrogens is 3. The zero-order chi connectivity index (χ0) is 24.1. The smallest absolute Gasteiger partial charge is 0.234 e. The Bertz CT molecular complexity index is 1300. The van der Waals surface area contributed by atoms with E-state index in [2.05, 4.69) is 41.5 Å². The number of rotatable bonds is 8. The molecule has 0 bridgehead atoms. The zero-order valence-corrected chi connectivity index (χ0v) is 20.3. The van der Waals surface area contributed by atoms with E-state index in [1.807, 2.05) is 41.0 Å². The van der Waals surface area contributed by atoms with Crippen molar-refractivity contribution in [1.29, 1.82) is 0 Å². The molecule has 0 fully saturated rings. The van der Waals surface area contributed by atoms with Crippen LogP contribution >= 0.6 is 11.8 Å². The lowest BCUT2D eigenvalue weighted by molar-refractivity contribution is -0.113. The Morgan fingerprint density at radius 3 is 2.44 bits per heavy atom. The van der Waals surface area contributed by atoms with Crippen LogP contribution in [0.15, 0.2) is 71.9 Å². The molecule has 1 amide bonds. The second-order valence-corrected chi connectivity index (χ2v) is 8.62. The molecule has 1 N–H and O–H groups in total. The Morgan fingerprint density at radius 1 is 0.941 bits per heavy atom. The van der Waals surface area contributed by atoms with Crippen LogP contribution in [0.4, 0.5) is 5.69 Å². The van der Waals surface area contributed by atoms with Crippen molar-refractivity contribution in [2.24, 2.45) is 0 Å². The molecule has 3 aromatic carbocycles. The third-order valence-electron chi connectivity index (χ3n) is 5.43. The second kappa shape index (κ2) is 10.4. The van der Waals surface area contributed by atoms with Gasteiger partial charge in [-0.2, -0.15) is 0 Å². The maximum absolute atomic E-state index is 12.8. The summed E-state index contributed by atoms with van der Waals surface area (Å²) < 4.78 is 12.6. The monoisotopic (exact) mass is 474 g/mol. The van der Waals surface area contributed by atoms with Crippen LogP contribution in [0.3, 0.4) is 0 Å². The average molecular weight is 475 g/mol. The van der Waals surface area contributed by atoms with E-state index in [4.69, 9.17) is 9.47 Å². The summed E-state index contributed by atoms with van der Waals surface area (Å²) in [6.45, 7) is 4.16. The zero-order valence-electron chi connectivity index (χ0n) is 19.5. The highest BCUT2D eigenvalue weighted by Crippen LogP contribution is 2.31. The number of ether oxygens (including phenoxy) is 2. The fourth-order valence-electron chi connectivity index (χ4n) is 3.45. The van der Waals surface area contributed by atoms with Crippen molar-refractivity contribution in [3.05, 3.63) is 77.9 Å². The summed E-state index contributed by atoms with van der Waals surface area (Å²) in [6.07, 6.45) is 0. The van der Waals surface area contributed by atoms with E-state index in [0.717, 1.165) is 17.1 Å². The van der Waals surface area contributed by atoms with Gasteiger partial charge in [-0.1, -0.05) is 48.2 Å². The Kier molecular flexibility index (Phi) is 7.18. The molecular weight excluding hydrogens is 448 g/mol. The molecule has 0 radical (unpaired) electrons. The first-order valence-corrected chi connectivity index (χ1v) is 11.7. The summed E-state index contributed by atoms with van der Waals surface area (Å²) in [5.41, 5.74) is 4.86. The number of thioether (sulfide) groups is 1. The van der Waals surface area contributed by atoms with Crippen LogP contribution in [-0.2, 0) is 4.79 Å². The number of anilines is 1. The minimum absolute atomic E-state index is 0.160. The van der Waals surface area contributed by atoms with Gasteiger partial charge in [-0.05, 0) is 49.2 Å². The molecule has 174 valence electrons. The van der Waals surface area contributed by atoms with E-state index in [-0.39, 0.29) is 11.7 Å². The first-order chi connectivity index (χ1) is 16.5. The highest BCUT2D eigenvalue weighted by Gasteiger charge is 2.18. The maximum Gasteiger partial charge on any atom is 0.234 e. The Balaban J connectivity index is 1.59. The van der Waals surface area contributed by atoms with E-state index in [1.54, 1.807) is 32.4 Å². The molecule has 0 spiro atoms. The standard InChI is InChI=1S/C26H26N4O3S/c1-17-10-11-20(14-18(17)2)30-25(19-8-6-5-7-9-19)28-29-26(30)34-16-24(31)27-22-13-12-21(32-3)15-23(22)33-4/h5-15H,16H2,1-4H3,(H,27,31).